The van der Waals surface area contributed by atoms with E-state index < -0.39 is 15.9 Å². The van der Waals surface area contributed by atoms with Gasteiger partial charge in [0, 0.05) is 23.7 Å². The van der Waals surface area contributed by atoms with Gasteiger partial charge < -0.3 is 10.1 Å². The highest BCUT2D eigenvalue weighted by Gasteiger charge is 2.27. The Balaban J connectivity index is 1.82. The molecule has 0 radical (unpaired) electrons. The third-order valence-electron chi connectivity index (χ3n) is 4.95. The summed E-state index contributed by atoms with van der Waals surface area (Å²) in [5, 5.41) is 3.22. The van der Waals surface area contributed by atoms with Crippen LogP contribution in [0, 0.1) is 6.92 Å². The van der Waals surface area contributed by atoms with Gasteiger partial charge in [-0.15, -0.1) is 0 Å². The van der Waals surface area contributed by atoms with E-state index >= 15 is 0 Å². The van der Waals surface area contributed by atoms with E-state index in [9.17, 15) is 13.2 Å². The summed E-state index contributed by atoms with van der Waals surface area (Å²) in [7, 11) is -2.38. The number of rotatable bonds is 9. The van der Waals surface area contributed by atoms with Crippen LogP contribution in [0.4, 0.5) is 0 Å². The summed E-state index contributed by atoms with van der Waals surface area (Å²) < 4.78 is 33.1. The van der Waals surface area contributed by atoms with E-state index in [-0.39, 0.29) is 24.5 Å². The summed E-state index contributed by atoms with van der Waals surface area (Å²) in [6.07, 6.45) is 0. The summed E-state index contributed by atoms with van der Waals surface area (Å²) in [5.41, 5.74) is 2.35. The van der Waals surface area contributed by atoms with Gasteiger partial charge in [0.25, 0.3) is 0 Å². The van der Waals surface area contributed by atoms with Crippen molar-refractivity contribution in [3.8, 4) is 5.75 Å². The van der Waals surface area contributed by atoms with Gasteiger partial charge in [0.1, 0.15) is 5.75 Å². The number of sulfonamides is 1. The summed E-state index contributed by atoms with van der Waals surface area (Å²) in [6.45, 7) is 1.71. The molecule has 6 nitrogen and oxygen atoms in total. The Morgan fingerprint density at radius 2 is 1.59 bits per heavy atom. The van der Waals surface area contributed by atoms with Gasteiger partial charge in [-0.05, 0) is 36.8 Å². The van der Waals surface area contributed by atoms with Crippen LogP contribution in [0.5, 0.6) is 5.75 Å². The Labute approximate surface area is 193 Å². The second kappa shape index (κ2) is 10.6. The first kappa shape index (κ1) is 23.8. The quantitative estimate of drug-likeness (QED) is 0.507. The van der Waals surface area contributed by atoms with E-state index in [2.05, 4.69) is 5.32 Å². The predicted octanol–water partition coefficient (Wildman–Crippen LogP) is 4.16. The lowest BCUT2D eigenvalue weighted by atomic mass is 10.2. The maximum atomic E-state index is 13.4. The first-order chi connectivity index (χ1) is 15.3. The molecule has 168 valence electrons. The van der Waals surface area contributed by atoms with Gasteiger partial charge in [0.2, 0.25) is 15.9 Å². The zero-order valence-electron chi connectivity index (χ0n) is 17.9. The van der Waals surface area contributed by atoms with Crippen LogP contribution in [-0.4, -0.2) is 32.3 Å². The molecule has 0 aliphatic heterocycles. The highest BCUT2D eigenvalue weighted by molar-refractivity contribution is 7.89. The van der Waals surface area contributed by atoms with Crippen molar-refractivity contribution >= 4 is 27.5 Å². The molecule has 0 saturated heterocycles. The third kappa shape index (κ3) is 5.88. The van der Waals surface area contributed by atoms with Crippen molar-refractivity contribution in [2.75, 3.05) is 13.7 Å². The van der Waals surface area contributed by atoms with Crippen LogP contribution in [0.3, 0.4) is 0 Å². The van der Waals surface area contributed by atoms with Crippen molar-refractivity contribution in [2.24, 2.45) is 0 Å². The lowest BCUT2D eigenvalue weighted by molar-refractivity contribution is -0.121. The number of halogens is 1. The number of benzene rings is 3. The fourth-order valence-corrected chi connectivity index (χ4v) is 4.73. The van der Waals surface area contributed by atoms with Gasteiger partial charge in [-0.1, -0.05) is 65.7 Å². The number of hydrogen-bond acceptors (Lipinski definition) is 4. The molecule has 3 aromatic rings. The zero-order valence-corrected chi connectivity index (χ0v) is 19.5. The van der Waals surface area contributed by atoms with Gasteiger partial charge in [-0.2, -0.15) is 4.31 Å². The zero-order chi connectivity index (χ0) is 23.1. The molecule has 32 heavy (non-hydrogen) atoms. The molecule has 0 heterocycles. The standard InChI is InChI=1S/C24H25ClN2O4S/c1-18-11-13-21(14-12-18)32(29,30)27(16-20-8-3-5-9-22(20)25)17-24(28)26-15-19-7-4-6-10-23(19)31-2/h3-14H,15-17H2,1-2H3,(H,26,28). The maximum Gasteiger partial charge on any atom is 0.243 e. The Morgan fingerprint density at radius 3 is 2.25 bits per heavy atom. The first-order valence-electron chi connectivity index (χ1n) is 10.00. The summed E-state index contributed by atoms with van der Waals surface area (Å²) in [4.78, 5) is 12.9. The second-order valence-electron chi connectivity index (χ2n) is 7.27. The van der Waals surface area contributed by atoms with Gasteiger partial charge in [-0.25, -0.2) is 8.42 Å². The second-order valence-corrected chi connectivity index (χ2v) is 9.61. The van der Waals surface area contributed by atoms with E-state index in [0.717, 1.165) is 15.4 Å². The van der Waals surface area contributed by atoms with Crippen molar-refractivity contribution in [1.82, 2.24) is 9.62 Å². The number of amides is 1. The minimum atomic E-state index is -3.93. The Bertz CT molecular complexity index is 1180. The summed E-state index contributed by atoms with van der Waals surface area (Å²) in [6, 6.07) is 20.8. The van der Waals surface area contributed by atoms with Crippen LogP contribution in [0.15, 0.2) is 77.7 Å². The van der Waals surface area contributed by atoms with Crippen molar-refractivity contribution in [2.45, 2.75) is 24.9 Å². The lowest BCUT2D eigenvalue weighted by Gasteiger charge is -2.22. The van der Waals surface area contributed by atoms with Crippen LogP contribution in [0.1, 0.15) is 16.7 Å². The molecule has 0 aliphatic carbocycles. The molecule has 0 atom stereocenters. The minimum absolute atomic E-state index is 0.0298. The van der Waals surface area contributed by atoms with Crippen molar-refractivity contribution in [3.05, 3.63) is 94.5 Å². The number of para-hydroxylation sites is 1. The first-order valence-corrected chi connectivity index (χ1v) is 11.8. The number of hydrogen-bond donors (Lipinski definition) is 1. The molecule has 0 bridgehead atoms. The third-order valence-corrected chi connectivity index (χ3v) is 7.13. The molecule has 1 N–H and O–H groups in total. The molecule has 0 fully saturated rings. The number of carbonyl (C=O) groups is 1. The van der Waals surface area contributed by atoms with Crippen LogP contribution >= 0.6 is 11.6 Å². The molecular weight excluding hydrogens is 448 g/mol. The fourth-order valence-electron chi connectivity index (χ4n) is 3.16. The number of nitrogens with zero attached hydrogens (tertiary/aromatic N) is 1. The van der Waals surface area contributed by atoms with Gasteiger partial charge in [-0.3, -0.25) is 4.79 Å². The molecule has 8 heteroatoms. The van der Waals surface area contributed by atoms with E-state index in [1.165, 1.54) is 12.1 Å². The molecular formula is C24H25ClN2O4S. The van der Waals surface area contributed by atoms with Crippen molar-refractivity contribution in [3.63, 3.8) is 0 Å². The smallest absolute Gasteiger partial charge is 0.243 e. The summed E-state index contributed by atoms with van der Waals surface area (Å²) in [5.74, 6) is 0.214. The average Bonchev–Trinajstić information content (AvgIpc) is 2.79. The molecule has 1 amide bonds. The molecule has 0 aromatic heterocycles. The Kier molecular flexibility index (Phi) is 7.90. The fraction of sp³-hybridized carbons (Fsp3) is 0.208. The number of nitrogens with one attached hydrogen (secondary N) is 1. The highest BCUT2D eigenvalue weighted by atomic mass is 35.5. The Hall–Kier alpha value is -2.87. The van der Waals surface area contributed by atoms with Crippen LogP contribution in [-0.2, 0) is 27.9 Å². The van der Waals surface area contributed by atoms with Crippen LogP contribution in [0.2, 0.25) is 5.02 Å². The van der Waals surface area contributed by atoms with Gasteiger partial charge in [0.15, 0.2) is 0 Å². The van der Waals surface area contributed by atoms with Crippen LogP contribution in [0.25, 0.3) is 0 Å². The lowest BCUT2D eigenvalue weighted by Crippen LogP contribution is -2.40. The number of aryl methyl sites for hydroxylation is 1. The highest BCUT2D eigenvalue weighted by Crippen LogP contribution is 2.23. The number of carbonyl (C=O) groups excluding carboxylic acids is 1. The maximum absolute atomic E-state index is 13.4. The van der Waals surface area contributed by atoms with Crippen LogP contribution < -0.4 is 10.1 Å². The van der Waals surface area contributed by atoms with Gasteiger partial charge >= 0.3 is 0 Å². The summed E-state index contributed by atoms with van der Waals surface area (Å²) >= 11 is 6.26. The van der Waals surface area contributed by atoms with Gasteiger partial charge in [0.05, 0.1) is 18.6 Å². The Morgan fingerprint density at radius 1 is 0.969 bits per heavy atom. The van der Waals surface area contributed by atoms with E-state index in [4.69, 9.17) is 16.3 Å². The van der Waals surface area contributed by atoms with Crippen molar-refractivity contribution in [1.29, 1.82) is 0 Å². The molecule has 0 spiro atoms. The number of ether oxygens (including phenoxy) is 1. The van der Waals surface area contributed by atoms with E-state index in [1.54, 1.807) is 49.6 Å². The van der Waals surface area contributed by atoms with E-state index in [1.807, 2.05) is 25.1 Å². The molecule has 0 aliphatic rings. The topological polar surface area (TPSA) is 75.7 Å². The SMILES string of the molecule is COc1ccccc1CNC(=O)CN(Cc1ccccc1Cl)S(=O)(=O)c1ccc(C)cc1. The normalized spacial score (nSPS) is 11.4. The predicted molar refractivity (Wildman–Crippen MR) is 125 cm³/mol. The number of methoxy groups -OCH3 is 1. The minimum Gasteiger partial charge on any atom is -0.496 e. The molecule has 3 aromatic carbocycles. The van der Waals surface area contributed by atoms with E-state index in [0.29, 0.717) is 16.3 Å². The largest absolute Gasteiger partial charge is 0.496 e. The monoisotopic (exact) mass is 472 g/mol. The average molecular weight is 473 g/mol. The molecule has 0 saturated carbocycles. The van der Waals surface area contributed by atoms with Crippen molar-refractivity contribution < 1.29 is 17.9 Å². The molecule has 0 unspecified atom stereocenters. The molecule has 3 rings (SSSR count).